The number of fused-ring (bicyclic) bond motifs is 4. The number of pyridine rings is 1. The summed E-state index contributed by atoms with van der Waals surface area (Å²) in [5.74, 6) is 0.988. The van der Waals surface area contributed by atoms with Gasteiger partial charge in [-0.2, -0.15) is 5.26 Å². The molecule has 5 atom stereocenters. The van der Waals surface area contributed by atoms with Gasteiger partial charge in [0.25, 0.3) is 0 Å². The zero-order chi connectivity index (χ0) is 36.3. The topological polar surface area (TPSA) is 97.2 Å². The summed E-state index contributed by atoms with van der Waals surface area (Å²) >= 11 is 1.74. The van der Waals surface area contributed by atoms with E-state index in [2.05, 4.69) is 69.1 Å². The van der Waals surface area contributed by atoms with E-state index in [1.165, 1.54) is 11.3 Å². The number of amides is 1. The van der Waals surface area contributed by atoms with Gasteiger partial charge in [0.2, 0.25) is 0 Å². The normalized spacial score (nSPS) is 25.0. The van der Waals surface area contributed by atoms with E-state index >= 15 is 0 Å². The fraction of sp³-hybridized carbons (Fsp3) is 0.625. The summed E-state index contributed by atoms with van der Waals surface area (Å²) in [4.78, 5) is 24.1. The van der Waals surface area contributed by atoms with Gasteiger partial charge < -0.3 is 28.4 Å². The van der Waals surface area contributed by atoms with Gasteiger partial charge in [-0.05, 0) is 113 Å². The summed E-state index contributed by atoms with van der Waals surface area (Å²) in [5, 5.41) is 10.4. The van der Waals surface area contributed by atoms with Crippen LogP contribution in [0.2, 0.25) is 18.1 Å². The van der Waals surface area contributed by atoms with Gasteiger partial charge in [0.05, 0.1) is 41.1 Å². The minimum Gasteiger partial charge on any atom is -0.444 e. The second-order valence-electron chi connectivity index (χ2n) is 17.5. The molecule has 0 bridgehead atoms. The van der Waals surface area contributed by atoms with Crippen LogP contribution in [-0.2, 0) is 25.2 Å². The maximum absolute atomic E-state index is 13.7. The third kappa shape index (κ3) is 7.58. The van der Waals surface area contributed by atoms with Crippen LogP contribution in [0.3, 0.4) is 0 Å². The summed E-state index contributed by atoms with van der Waals surface area (Å²) in [6, 6.07) is 10.9. The lowest BCUT2D eigenvalue weighted by Gasteiger charge is -2.38. The number of benzene rings is 1. The van der Waals surface area contributed by atoms with Gasteiger partial charge in [-0.25, -0.2) is 4.79 Å². The van der Waals surface area contributed by atoms with Gasteiger partial charge in [0.15, 0.2) is 14.6 Å². The van der Waals surface area contributed by atoms with Gasteiger partial charge in [-0.15, -0.1) is 11.3 Å². The Hall–Kier alpha value is -3.01. The zero-order valence-corrected chi connectivity index (χ0v) is 33.4. The summed E-state index contributed by atoms with van der Waals surface area (Å²) in [6.07, 6.45) is 6.27. The Labute approximate surface area is 308 Å². The molecule has 11 heteroatoms. The van der Waals surface area contributed by atoms with E-state index in [9.17, 15) is 10.1 Å². The van der Waals surface area contributed by atoms with Crippen molar-refractivity contribution in [2.75, 3.05) is 31.2 Å². The average molecular weight is 731 g/mol. The minimum absolute atomic E-state index is 0.0691. The van der Waals surface area contributed by atoms with E-state index in [4.69, 9.17) is 23.6 Å². The third-order valence-electron chi connectivity index (χ3n) is 11.5. The quantitative estimate of drug-likeness (QED) is 0.212. The van der Waals surface area contributed by atoms with Crippen LogP contribution in [-0.4, -0.2) is 74.6 Å². The number of hydrogen-bond donors (Lipinski definition) is 0. The van der Waals surface area contributed by atoms with E-state index in [-0.39, 0.29) is 29.5 Å². The Morgan fingerprint density at radius 3 is 2.61 bits per heavy atom. The van der Waals surface area contributed by atoms with E-state index in [0.29, 0.717) is 43.8 Å². The number of carbonyl (C=O) groups is 1. The summed E-state index contributed by atoms with van der Waals surface area (Å²) in [7, 11) is -1.93. The molecule has 2 aromatic heterocycles. The first-order valence-corrected chi connectivity index (χ1v) is 22.4. The van der Waals surface area contributed by atoms with Crippen molar-refractivity contribution in [2.45, 2.75) is 128 Å². The molecular weight excluding hydrogens is 677 g/mol. The monoisotopic (exact) mass is 730 g/mol. The van der Waals surface area contributed by atoms with Crippen LogP contribution in [0, 0.1) is 17.2 Å². The van der Waals surface area contributed by atoms with Gasteiger partial charge in [-0.3, -0.25) is 4.98 Å². The van der Waals surface area contributed by atoms with Crippen molar-refractivity contribution in [3.8, 4) is 17.2 Å². The van der Waals surface area contributed by atoms with Crippen molar-refractivity contribution in [3.63, 3.8) is 0 Å². The smallest absolute Gasteiger partial charge is 0.410 e. The fourth-order valence-corrected chi connectivity index (χ4v) is 9.76. The molecule has 4 aliphatic rings. The van der Waals surface area contributed by atoms with Crippen LogP contribution < -0.4 is 4.90 Å². The highest BCUT2D eigenvalue weighted by Gasteiger charge is 2.50. The van der Waals surface area contributed by atoms with Crippen LogP contribution >= 0.6 is 11.3 Å². The summed E-state index contributed by atoms with van der Waals surface area (Å²) < 4.78 is 25.9. The number of hydrogen-bond acceptors (Lipinski definition) is 9. The Bertz CT molecular complexity index is 1820. The zero-order valence-electron chi connectivity index (χ0n) is 31.6. The molecule has 1 saturated carbocycles. The first-order valence-electron chi connectivity index (χ1n) is 18.7. The molecule has 51 heavy (non-hydrogen) atoms. The lowest BCUT2D eigenvalue weighted by atomic mass is 9.90. The molecule has 3 fully saturated rings. The second-order valence-corrected chi connectivity index (χ2v) is 23.4. The number of aromatic nitrogens is 1. The molecule has 3 aromatic rings. The maximum atomic E-state index is 13.7. The summed E-state index contributed by atoms with van der Waals surface area (Å²) in [6.45, 7) is 20.3. The fourth-order valence-electron chi connectivity index (χ4n) is 7.66. The van der Waals surface area contributed by atoms with Crippen molar-refractivity contribution >= 4 is 41.7 Å². The van der Waals surface area contributed by atoms with Crippen molar-refractivity contribution in [1.82, 2.24) is 9.88 Å². The Morgan fingerprint density at radius 2 is 1.90 bits per heavy atom. The number of carbonyl (C=O) groups excluding carboxylic acids is 1. The van der Waals surface area contributed by atoms with Gasteiger partial charge in [0, 0.05) is 53.6 Å². The molecule has 0 spiro atoms. The van der Waals surface area contributed by atoms with Gasteiger partial charge in [-0.1, -0.05) is 20.8 Å². The standard InChI is InChI=1S/C40H54N4O5SSi/c1-39(2,3)49-38(45)44-22-27(18-28(44)23-47-35-11-9-10-14-46-35)43-21-26-17-31(26)33-16-25(20-41)15-32(36(33)43)30-12-13-42-34-19-29(50-37(30)34)24-48-51(7,8)40(4,5)6/h12-13,15-16,19,26-28,31,35H,9-11,14,17-18,21-24H2,1-8H3/t26?,27-,28-,31?,35?/m1/s1. The van der Waals surface area contributed by atoms with Crippen LogP contribution in [0.15, 0.2) is 30.5 Å². The van der Waals surface area contributed by atoms with Crippen LogP contribution in [0.4, 0.5) is 10.5 Å². The largest absolute Gasteiger partial charge is 0.444 e. The maximum Gasteiger partial charge on any atom is 0.410 e. The summed E-state index contributed by atoms with van der Waals surface area (Å²) in [5.41, 5.74) is 5.64. The van der Waals surface area contributed by atoms with E-state index in [1.807, 2.05) is 31.9 Å². The molecule has 2 saturated heterocycles. The highest BCUT2D eigenvalue weighted by molar-refractivity contribution is 7.19. The highest BCUT2D eigenvalue weighted by atomic mass is 32.1. The van der Waals surface area contributed by atoms with Gasteiger partial charge in [0.1, 0.15) is 5.60 Å². The Kier molecular flexibility index (Phi) is 9.81. The van der Waals surface area contributed by atoms with Gasteiger partial charge >= 0.3 is 6.09 Å². The number of nitriles is 1. The predicted molar refractivity (Wildman–Crippen MR) is 205 cm³/mol. The molecule has 7 rings (SSSR count). The first kappa shape index (κ1) is 36.3. The Balaban J connectivity index is 1.24. The van der Waals surface area contributed by atoms with E-state index in [1.54, 1.807) is 11.3 Å². The molecule has 274 valence electrons. The van der Waals surface area contributed by atoms with Crippen molar-refractivity contribution < 1.29 is 23.4 Å². The lowest BCUT2D eigenvalue weighted by Crippen LogP contribution is -2.44. The highest BCUT2D eigenvalue weighted by Crippen LogP contribution is 2.58. The van der Waals surface area contributed by atoms with Crippen molar-refractivity contribution in [2.24, 2.45) is 5.92 Å². The molecule has 3 aliphatic heterocycles. The van der Waals surface area contributed by atoms with E-state index in [0.717, 1.165) is 64.9 Å². The molecule has 1 amide bonds. The molecule has 5 heterocycles. The second kappa shape index (κ2) is 13.8. The molecular formula is C40H54N4O5SSi. The average Bonchev–Trinajstić information content (AvgIpc) is 3.54. The number of likely N-dealkylation sites (tertiary alicyclic amines) is 1. The van der Waals surface area contributed by atoms with E-state index < -0.39 is 13.9 Å². The molecule has 0 N–H and O–H groups in total. The number of ether oxygens (including phenoxy) is 3. The van der Waals surface area contributed by atoms with Crippen molar-refractivity contribution in [3.05, 3.63) is 46.5 Å². The lowest BCUT2D eigenvalue weighted by molar-refractivity contribution is -0.168. The third-order valence-corrected chi connectivity index (χ3v) is 17.1. The number of anilines is 1. The number of thiophene rings is 1. The van der Waals surface area contributed by atoms with Crippen LogP contribution in [0.1, 0.15) is 95.6 Å². The van der Waals surface area contributed by atoms with Crippen molar-refractivity contribution in [1.29, 1.82) is 5.26 Å². The van der Waals surface area contributed by atoms with Crippen LogP contribution in [0.5, 0.6) is 0 Å². The predicted octanol–water partition coefficient (Wildman–Crippen LogP) is 9.20. The minimum atomic E-state index is -1.93. The molecule has 1 aliphatic carbocycles. The number of nitrogens with zero attached hydrogens (tertiary/aromatic N) is 4. The molecule has 0 radical (unpaired) electrons. The first-order chi connectivity index (χ1) is 24.1. The Morgan fingerprint density at radius 1 is 1.10 bits per heavy atom. The molecule has 1 aromatic carbocycles. The molecule has 9 nitrogen and oxygen atoms in total. The molecule has 3 unspecified atom stereocenters. The SMILES string of the molecule is CC(C)(C)OC(=O)N1C[C@H](N2CC3CC3c3cc(C#N)cc(-c4ccnc5cc(CO[Si](C)(C)C(C)(C)C)sc45)c32)C[C@@H]1COC1CCCCO1. The number of rotatable bonds is 8. The van der Waals surface area contributed by atoms with Crippen LogP contribution in [0.25, 0.3) is 21.3 Å².